The first-order chi connectivity index (χ1) is 7.31. The summed E-state index contributed by atoms with van der Waals surface area (Å²) in [5, 5.41) is 8.06. The molecule has 100 valence electrons. The Kier molecular flexibility index (Phi) is 21.7. The molecule has 0 aromatic heterocycles. The fraction of sp³-hybridized carbons (Fsp3) is 0.909. The van der Waals surface area contributed by atoms with Gasteiger partial charge < -0.3 is 19.3 Å². The van der Waals surface area contributed by atoms with Gasteiger partial charge in [0.05, 0.1) is 6.61 Å². The van der Waals surface area contributed by atoms with Crippen LogP contribution >= 0.6 is 0 Å². The van der Waals surface area contributed by atoms with Gasteiger partial charge in [0.1, 0.15) is 6.10 Å². The van der Waals surface area contributed by atoms with Gasteiger partial charge >= 0.3 is 5.97 Å². The van der Waals surface area contributed by atoms with Crippen molar-refractivity contribution in [2.45, 2.75) is 39.9 Å². The number of hydrogen-bond acceptors (Lipinski definition) is 5. The lowest BCUT2D eigenvalue weighted by Gasteiger charge is -2.08. The van der Waals surface area contributed by atoms with Gasteiger partial charge in [-0.1, -0.05) is 0 Å². The second-order valence-corrected chi connectivity index (χ2v) is 3.38. The normalized spacial score (nSPS) is 10.6. The highest BCUT2D eigenvalue weighted by molar-refractivity contribution is 5.66. The van der Waals surface area contributed by atoms with Crippen molar-refractivity contribution in [3.05, 3.63) is 0 Å². The fourth-order valence-electron chi connectivity index (χ4n) is 0.552. The van der Waals surface area contributed by atoms with E-state index in [1.807, 2.05) is 0 Å². The van der Waals surface area contributed by atoms with Crippen LogP contribution in [0.1, 0.15) is 27.7 Å². The van der Waals surface area contributed by atoms with E-state index in [1.165, 1.54) is 6.92 Å². The molecule has 0 aromatic rings. The fourth-order valence-corrected chi connectivity index (χ4v) is 0.552. The van der Waals surface area contributed by atoms with Gasteiger partial charge in [-0.05, 0) is 20.8 Å². The summed E-state index contributed by atoms with van der Waals surface area (Å²) in [4.78, 5) is 10.3. The van der Waals surface area contributed by atoms with E-state index in [9.17, 15) is 4.79 Å². The molecule has 0 aliphatic heterocycles. The molecule has 0 amide bonds. The van der Waals surface area contributed by atoms with E-state index < -0.39 is 0 Å². The average Bonchev–Trinajstić information content (AvgIpc) is 2.02. The molecule has 0 saturated heterocycles. The summed E-state index contributed by atoms with van der Waals surface area (Å²) in [5.41, 5.74) is 0. The molecular formula is C11H26O5. The molecule has 0 rings (SSSR count). The van der Waals surface area contributed by atoms with Crippen LogP contribution in [0, 0.1) is 0 Å². The molecule has 5 heteroatoms. The van der Waals surface area contributed by atoms with Crippen LogP contribution in [0.5, 0.6) is 0 Å². The third kappa shape index (κ3) is 50.5. The molecule has 16 heavy (non-hydrogen) atoms. The van der Waals surface area contributed by atoms with Gasteiger partial charge in [0.25, 0.3) is 0 Å². The number of carbonyl (C=O) groups excluding carboxylic acids is 1. The molecule has 0 aliphatic rings. The quantitative estimate of drug-likeness (QED) is 0.749. The largest absolute Gasteiger partial charge is 0.460 e. The minimum Gasteiger partial charge on any atom is -0.460 e. The third-order valence-corrected chi connectivity index (χ3v) is 0.769. The molecule has 1 N–H and O–H groups in total. The zero-order valence-electron chi connectivity index (χ0n) is 11.4. The highest BCUT2D eigenvalue weighted by atomic mass is 16.6. The summed E-state index contributed by atoms with van der Waals surface area (Å²) in [6.45, 7) is 7.07. The number of ether oxygens (including phenoxy) is 3. The van der Waals surface area contributed by atoms with Crippen molar-refractivity contribution >= 4 is 5.97 Å². The molecule has 0 heterocycles. The first-order valence-corrected chi connectivity index (χ1v) is 5.06. The lowest BCUT2D eigenvalue weighted by atomic mass is 10.4. The molecule has 0 bridgehead atoms. The number of carbonyl (C=O) groups is 1. The van der Waals surface area contributed by atoms with E-state index >= 15 is 0 Å². The van der Waals surface area contributed by atoms with E-state index in [0.717, 1.165) is 0 Å². The Morgan fingerprint density at radius 3 is 1.69 bits per heavy atom. The molecule has 0 radical (unpaired) electrons. The SMILES string of the molecule is CC(C)O.COC.COCC(C)OC(C)=O. The van der Waals surface area contributed by atoms with Crippen LogP contribution in [0.4, 0.5) is 0 Å². The van der Waals surface area contributed by atoms with E-state index in [2.05, 4.69) is 4.74 Å². The zero-order chi connectivity index (χ0) is 13.6. The number of aliphatic hydroxyl groups is 1. The second kappa shape index (κ2) is 16.8. The predicted molar refractivity (Wildman–Crippen MR) is 63.4 cm³/mol. The molecule has 1 unspecified atom stereocenters. The van der Waals surface area contributed by atoms with Gasteiger partial charge in [-0.3, -0.25) is 4.79 Å². The van der Waals surface area contributed by atoms with Crippen molar-refractivity contribution in [2.24, 2.45) is 0 Å². The van der Waals surface area contributed by atoms with Crippen molar-refractivity contribution in [3.63, 3.8) is 0 Å². The number of aliphatic hydroxyl groups excluding tert-OH is 1. The molecule has 0 aliphatic carbocycles. The number of esters is 1. The maximum absolute atomic E-state index is 10.3. The van der Waals surface area contributed by atoms with Crippen LogP contribution in [0.3, 0.4) is 0 Å². The van der Waals surface area contributed by atoms with Crippen LogP contribution in [0.25, 0.3) is 0 Å². The standard InChI is InChI=1S/C6H12O3.C3H8O.C2H6O/c1-5(4-8-3)9-6(2)7;1-3(2)4;1-3-2/h5H,4H2,1-3H3;3-4H,1-2H3;1-2H3. The number of methoxy groups -OCH3 is 2. The summed E-state index contributed by atoms with van der Waals surface area (Å²) in [7, 11) is 4.82. The Hall–Kier alpha value is -0.650. The highest BCUT2D eigenvalue weighted by Crippen LogP contribution is 1.90. The van der Waals surface area contributed by atoms with Gasteiger partial charge in [0.15, 0.2) is 0 Å². The first-order valence-electron chi connectivity index (χ1n) is 5.06. The topological polar surface area (TPSA) is 65.0 Å². The summed E-state index contributed by atoms with van der Waals surface area (Å²) in [5.74, 6) is -0.264. The lowest BCUT2D eigenvalue weighted by Crippen LogP contribution is -2.17. The molecule has 0 fully saturated rings. The summed E-state index contributed by atoms with van der Waals surface area (Å²) in [6, 6.07) is 0. The first kappa shape index (κ1) is 20.7. The molecular weight excluding hydrogens is 212 g/mol. The molecule has 5 nitrogen and oxygen atoms in total. The minimum atomic E-state index is -0.264. The van der Waals surface area contributed by atoms with Gasteiger partial charge in [-0.2, -0.15) is 0 Å². The van der Waals surface area contributed by atoms with Crippen molar-refractivity contribution in [3.8, 4) is 0 Å². The second-order valence-electron chi connectivity index (χ2n) is 3.38. The zero-order valence-corrected chi connectivity index (χ0v) is 11.4. The number of rotatable bonds is 3. The molecule has 0 aromatic carbocycles. The molecule has 0 saturated carbocycles. The Bertz CT molecular complexity index is 134. The van der Waals surface area contributed by atoms with E-state index in [1.54, 1.807) is 42.1 Å². The maximum atomic E-state index is 10.3. The minimum absolute atomic E-state index is 0.132. The monoisotopic (exact) mass is 238 g/mol. The third-order valence-electron chi connectivity index (χ3n) is 0.769. The van der Waals surface area contributed by atoms with E-state index in [0.29, 0.717) is 6.61 Å². The van der Waals surface area contributed by atoms with Crippen molar-refractivity contribution < 1.29 is 24.1 Å². The summed E-state index contributed by atoms with van der Waals surface area (Å²) in [6.07, 6.45) is -0.299. The van der Waals surface area contributed by atoms with Crippen LogP contribution in [0.15, 0.2) is 0 Å². The van der Waals surface area contributed by atoms with Crippen LogP contribution in [0.2, 0.25) is 0 Å². The van der Waals surface area contributed by atoms with Gasteiger partial charge in [0.2, 0.25) is 0 Å². The number of hydrogen-bond donors (Lipinski definition) is 1. The van der Waals surface area contributed by atoms with Crippen molar-refractivity contribution in [1.29, 1.82) is 0 Å². The van der Waals surface area contributed by atoms with E-state index in [4.69, 9.17) is 14.6 Å². The Morgan fingerprint density at radius 2 is 1.50 bits per heavy atom. The average molecular weight is 238 g/mol. The van der Waals surface area contributed by atoms with E-state index in [-0.39, 0.29) is 18.2 Å². The van der Waals surface area contributed by atoms with Gasteiger partial charge in [-0.25, -0.2) is 0 Å². The Morgan fingerprint density at radius 1 is 1.19 bits per heavy atom. The van der Waals surface area contributed by atoms with Gasteiger partial charge in [0, 0.05) is 34.4 Å². The Balaban J connectivity index is -0.000000201. The van der Waals surface area contributed by atoms with Gasteiger partial charge in [-0.15, -0.1) is 0 Å². The summed E-state index contributed by atoms with van der Waals surface area (Å²) < 4.78 is 13.7. The van der Waals surface area contributed by atoms with Crippen LogP contribution in [-0.4, -0.2) is 51.2 Å². The highest BCUT2D eigenvalue weighted by Gasteiger charge is 2.02. The summed E-state index contributed by atoms with van der Waals surface area (Å²) >= 11 is 0. The van der Waals surface area contributed by atoms with Crippen molar-refractivity contribution in [1.82, 2.24) is 0 Å². The Labute approximate surface area is 98.7 Å². The molecule has 1 atom stereocenters. The smallest absolute Gasteiger partial charge is 0.302 e. The maximum Gasteiger partial charge on any atom is 0.302 e. The molecule has 0 spiro atoms. The predicted octanol–water partition coefficient (Wildman–Crippen LogP) is 1.23. The van der Waals surface area contributed by atoms with Crippen LogP contribution < -0.4 is 0 Å². The lowest BCUT2D eigenvalue weighted by molar-refractivity contribution is -0.147. The van der Waals surface area contributed by atoms with Crippen molar-refractivity contribution in [2.75, 3.05) is 27.9 Å². The van der Waals surface area contributed by atoms with Crippen LogP contribution in [-0.2, 0) is 19.0 Å².